The molecule has 0 fully saturated rings. The van der Waals surface area contributed by atoms with Crippen LogP contribution in [0, 0.1) is 0 Å². The van der Waals surface area contributed by atoms with E-state index in [4.69, 9.17) is 4.42 Å². The number of fused-ring (bicyclic) bond motifs is 2. The number of hydrogen-bond acceptors (Lipinski definition) is 3. The zero-order chi connectivity index (χ0) is 20.7. The maximum absolute atomic E-state index is 12.7. The van der Waals surface area contributed by atoms with E-state index in [9.17, 15) is 4.79 Å². The van der Waals surface area contributed by atoms with Gasteiger partial charge in [0.25, 0.3) is 5.91 Å². The van der Waals surface area contributed by atoms with Gasteiger partial charge in [0.05, 0.1) is 11.6 Å². The molecule has 3 aromatic rings. The van der Waals surface area contributed by atoms with Crippen molar-refractivity contribution in [3.8, 4) is 0 Å². The molecule has 2 heterocycles. The van der Waals surface area contributed by atoms with Crippen LogP contribution < -0.4 is 10.6 Å². The lowest BCUT2D eigenvalue weighted by Crippen LogP contribution is -2.11. The number of furan rings is 1. The van der Waals surface area contributed by atoms with Gasteiger partial charge in [-0.2, -0.15) is 0 Å². The Bertz CT molecular complexity index is 1150. The van der Waals surface area contributed by atoms with Gasteiger partial charge in [0, 0.05) is 33.4 Å². The standard InChI is InChI=1S/C25H23BrN2O2/c1-15(27-17-7-3-2-4-8-17)24-18-9-5-6-10-22(18)30-23(24)14-20-19-13-16(26)11-12-21(19)28-25(20)29/h2-4,7-8,11-15,27H,5-6,9-10H2,1H3,(H,28,29). The SMILES string of the molecule is CC(Nc1ccccc1)c1c(C=C2C(=O)Nc3ccc(Br)cc32)oc2c1CCCC2. The third-order valence-corrected chi connectivity index (χ3v) is 6.36. The van der Waals surface area contributed by atoms with Gasteiger partial charge in [0.1, 0.15) is 11.5 Å². The summed E-state index contributed by atoms with van der Waals surface area (Å²) in [7, 11) is 0. The molecular weight excluding hydrogens is 440 g/mol. The van der Waals surface area contributed by atoms with Gasteiger partial charge in [0.15, 0.2) is 0 Å². The smallest absolute Gasteiger partial charge is 0.256 e. The number of carbonyl (C=O) groups is 1. The monoisotopic (exact) mass is 462 g/mol. The average molecular weight is 463 g/mol. The van der Waals surface area contributed by atoms with E-state index >= 15 is 0 Å². The summed E-state index contributed by atoms with van der Waals surface area (Å²) in [5.74, 6) is 1.76. The predicted octanol–water partition coefficient (Wildman–Crippen LogP) is 6.59. The van der Waals surface area contributed by atoms with E-state index in [1.165, 1.54) is 12.0 Å². The van der Waals surface area contributed by atoms with Crippen LogP contribution in [0.1, 0.15) is 54.0 Å². The normalized spacial score (nSPS) is 17.4. The molecular formula is C25H23BrN2O2. The van der Waals surface area contributed by atoms with Crippen LogP contribution in [0.3, 0.4) is 0 Å². The fourth-order valence-electron chi connectivity index (χ4n) is 4.48. The van der Waals surface area contributed by atoms with E-state index in [1.54, 1.807) is 0 Å². The van der Waals surface area contributed by atoms with Crippen LogP contribution in [0.15, 0.2) is 57.4 Å². The number of nitrogens with one attached hydrogen (secondary N) is 2. The molecule has 1 amide bonds. The van der Waals surface area contributed by atoms with Crippen molar-refractivity contribution in [2.75, 3.05) is 10.6 Å². The molecule has 2 N–H and O–H groups in total. The van der Waals surface area contributed by atoms with Gasteiger partial charge in [-0.25, -0.2) is 0 Å². The fourth-order valence-corrected chi connectivity index (χ4v) is 4.85. The number of halogens is 1. The Morgan fingerprint density at radius 3 is 2.77 bits per heavy atom. The van der Waals surface area contributed by atoms with Gasteiger partial charge in [-0.3, -0.25) is 4.79 Å². The van der Waals surface area contributed by atoms with E-state index < -0.39 is 0 Å². The first-order chi connectivity index (χ1) is 14.6. The van der Waals surface area contributed by atoms with Crippen molar-refractivity contribution in [2.45, 2.75) is 38.6 Å². The molecule has 1 aliphatic carbocycles. The predicted molar refractivity (Wildman–Crippen MR) is 124 cm³/mol. The van der Waals surface area contributed by atoms with Crippen molar-refractivity contribution in [1.29, 1.82) is 0 Å². The van der Waals surface area contributed by atoms with Gasteiger partial charge >= 0.3 is 0 Å². The second-order valence-corrected chi connectivity index (χ2v) is 8.84. The quantitative estimate of drug-likeness (QED) is 0.430. The van der Waals surface area contributed by atoms with Crippen LogP contribution >= 0.6 is 15.9 Å². The molecule has 2 aliphatic rings. The van der Waals surface area contributed by atoms with E-state index in [2.05, 4.69) is 45.6 Å². The van der Waals surface area contributed by atoms with Crippen molar-refractivity contribution in [2.24, 2.45) is 0 Å². The molecule has 0 spiro atoms. The molecule has 0 saturated heterocycles. The minimum atomic E-state index is -0.0907. The van der Waals surface area contributed by atoms with Gasteiger partial charge in [-0.05, 0) is 68.2 Å². The number of amides is 1. The first kappa shape index (κ1) is 19.2. The van der Waals surface area contributed by atoms with Crippen molar-refractivity contribution < 1.29 is 9.21 Å². The van der Waals surface area contributed by atoms with Crippen LogP contribution in [0.25, 0.3) is 11.6 Å². The molecule has 4 nitrogen and oxygen atoms in total. The summed E-state index contributed by atoms with van der Waals surface area (Å²) in [6, 6.07) is 16.1. The molecule has 5 heteroatoms. The molecule has 152 valence electrons. The maximum Gasteiger partial charge on any atom is 0.256 e. The van der Waals surface area contributed by atoms with Gasteiger partial charge in [0.2, 0.25) is 0 Å². The summed E-state index contributed by atoms with van der Waals surface area (Å²) in [5.41, 5.74) is 5.92. The van der Waals surface area contributed by atoms with Crippen LogP contribution in [0.5, 0.6) is 0 Å². The minimum absolute atomic E-state index is 0.0660. The van der Waals surface area contributed by atoms with Crippen molar-refractivity contribution >= 4 is 44.9 Å². The summed E-state index contributed by atoms with van der Waals surface area (Å²) in [6.07, 6.45) is 6.21. The number of rotatable bonds is 4. The molecule has 1 atom stereocenters. The van der Waals surface area contributed by atoms with Crippen molar-refractivity contribution in [1.82, 2.24) is 0 Å². The molecule has 1 unspecified atom stereocenters. The first-order valence-corrected chi connectivity index (χ1v) is 11.2. The Morgan fingerprint density at radius 2 is 1.93 bits per heavy atom. The number of aryl methyl sites for hydroxylation is 1. The van der Waals surface area contributed by atoms with E-state index in [0.29, 0.717) is 5.57 Å². The molecule has 2 aromatic carbocycles. The Labute approximate surface area is 184 Å². The lowest BCUT2D eigenvalue weighted by atomic mass is 9.91. The summed E-state index contributed by atoms with van der Waals surface area (Å²) in [5, 5.41) is 6.56. The Balaban J connectivity index is 1.59. The van der Waals surface area contributed by atoms with E-state index in [0.717, 1.165) is 57.8 Å². The molecule has 30 heavy (non-hydrogen) atoms. The molecule has 0 radical (unpaired) electrons. The molecule has 0 bridgehead atoms. The second-order valence-electron chi connectivity index (χ2n) is 7.92. The average Bonchev–Trinajstić information content (AvgIpc) is 3.26. The molecule has 0 saturated carbocycles. The van der Waals surface area contributed by atoms with Gasteiger partial charge < -0.3 is 15.1 Å². The number of carbonyl (C=O) groups excluding carboxylic acids is 1. The van der Waals surface area contributed by atoms with Crippen molar-refractivity contribution in [3.63, 3.8) is 0 Å². The topological polar surface area (TPSA) is 54.3 Å². The third-order valence-electron chi connectivity index (χ3n) is 5.87. The van der Waals surface area contributed by atoms with Gasteiger partial charge in [-0.1, -0.05) is 34.1 Å². The summed E-state index contributed by atoms with van der Waals surface area (Å²) in [6.45, 7) is 2.16. The van der Waals surface area contributed by atoms with Gasteiger partial charge in [-0.15, -0.1) is 0 Å². The highest BCUT2D eigenvalue weighted by Gasteiger charge is 2.29. The highest BCUT2D eigenvalue weighted by atomic mass is 79.9. The summed E-state index contributed by atoms with van der Waals surface area (Å²) >= 11 is 3.52. The van der Waals surface area contributed by atoms with Crippen LogP contribution in [0.4, 0.5) is 11.4 Å². The number of hydrogen-bond donors (Lipinski definition) is 2. The minimum Gasteiger partial charge on any atom is -0.461 e. The fraction of sp³-hybridized carbons (Fsp3) is 0.240. The zero-order valence-electron chi connectivity index (χ0n) is 16.8. The largest absolute Gasteiger partial charge is 0.461 e. The molecule has 5 rings (SSSR count). The maximum atomic E-state index is 12.7. The summed E-state index contributed by atoms with van der Waals surface area (Å²) in [4.78, 5) is 12.7. The Kier molecular flexibility index (Phi) is 4.99. The van der Waals surface area contributed by atoms with E-state index in [1.807, 2.05) is 42.5 Å². The van der Waals surface area contributed by atoms with Crippen LogP contribution in [-0.2, 0) is 17.6 Å². The first-order valence-electron chi connectivity index (χ1n) is 10.4. The van der Waals surface area contributed by atoms with Crippen LogP contribution in [0.2, 0.25) is 0 Å². The Hall–Kier alpha value is -2.79. The zero-order valence-corrected chi connectivity index (χ0v) is 18.4. The molecule has 1 aliphatic heterocycles. The number of anilines is 2. The lowest BCUT2D eigenvalue weighted by Gasteiger charge is -2.18. The molecule has 1 aromatic heterocycles. The third kappa shape index (κ3) is 3.47. The number of para-hydroxylation sites is 1. The number of benzene rings is 2. The lowest BCUT2D eigenvalue weighted by molar-refractivity contribution is -0.110. The van der Waals surface area contributed by atoms with E-state index in [-0.39, 0.29) is 11.9 Å². The Morgan fingerprint density at radius 1 is 1.13 bits per heavy atom. The summed E-state index contributed by atoms with van der Waals surface area (Å²) < 4.78 is 7.29. The highest BCUT2D eigenvalue weighted by Crippen LogP contribution is 2.40. The van der Waals surface area contributed by atoms with Crippen molar-refractivity contribution in [3.05, 3.63) is 81.2 Å². The van der Waals surface area contributed by atoms with Crippen LogP contribution in [-0.4, -0.2) is 5.91 Å². The second kappa shape index (κ2) is 7.80. The highest BCUT2D eigenvalue weighted by molar-refractivity contribution is 9.10.